The van der Waals surface area contributed by atoms with Crippen LogP contribution < -0.4 is 4.74 Å². The van der Waals surface area contributed by atoms with E-state index in [4.69, 9.17) is 25.8 Å². The Hall–Kier alpha value is -2.12. The normalized spacial score (nSPS) is 10.3. The van der Waals surface area contributed by atoms with E-state index in [1.54, 1.807) is 39.2 Å². The quantitative estimate of drug-likeness (QED) is 0.220. The zero-order valence-corrected chi connectivity index (χ0v) is 16.8. The van der Waals surface area contributed by atoms with Gasteiger partial charge >= 0.3 is 11.9 Å². The largest absolute Gasteiger partial charge is 0.496 e. The smallest absolute Gasteiger partial charge is 0.345 e. The van der Waals surface area contributed by atoms with Crippen molar-refractivity contribution in [3.63, 3.8) is 0 Å². The van der Waals surface area contributed by atoms with E-state index in [0.29, 0.717) is 26.7 Å². The molecule has 0 amide bonds. The Morgan fingerprint density at radius 2 is 1.81 bits per heavy atom. The lowest BCUT2D eigenvalue weighted by molar-refractivity contribution is -0.146. The molecule has 0 bridgehead atoms. The molecule has 0 aliphatic carbocycles. The second-order valence-corrected chi connectivity index (χ2v) is 6.17. The van der Waals surface area contributed by atoms with Crippen LogP contribution in [-0.4, -0.2) is 37.2 Å². The first-order chi connectivity index (χ1) is 12.4. The molecule has 0 N–H and O–H groups in total. The van der Waals surface area contributed by atoms with Gasteiger partial charge < -0.3 is 14.2 Å². The molecule has 2 aromatic rings. The van der Waals surface area contributed by atoms with Crippen LogP contribution in [0.3, 0.4) is 0 Å². The van der Waals surface area contributed by atoms with Crippen LogP contribution in [0.2, 0.25) is 5.15 Å². The summed E-state index contributed by atoms with van der Waals surface area (Å²) < 4.78 is 15.8. The van der Waals surface area contributed by atoms with Crippen molar-refractivity contribution in [3.8, 4) is 5.75 Å². The van der Waals surface area contributed by atoms with Gasteiger partial charge in [0.15, 0.2) is 0 Å². The minimum atomic E-state index is -0.785. The van der Waals surface area contributed by atoms with Gasteiger partial charge in [0.25, 0.3) is 0 Å². The van der Waals surface area contributed by atoms with Gasteiger partial charge in [-0.05, 0) is 54.1 Å². The van der Waals surface area contributed by atoms with Crippen molar-refractivity contribution >= 4 is 56.4 Å². The third kappa shape index (κ3) is 4.34. The molecule has 0 fully saturated rings. The topological polar surface area (TPSA) is 74.7 Å². The monoisotopic (exact) mass is 441 g/mol. The van der Waals surface area contributed by atoms with Crippen molar-refractivity contribution in [3.05, 3.63) is 39.0 Å². The lowest BCUT2D eigenvalue weighted by Crippen LogP contribution is -2.18. The van der Waals surface area contributed by atoms with E-state index in [0.717, 1.165) is 0 Å². The first kappa shape index (κ1) is 20.2. The summed E-state index contributed by atoms with van der Waals surface area (Å²) in [7, 11) is 1.55. The molecule has 2 rings (SSSR count). The molecule has 6 nitrogen and oxygen atoms in total. The molecular weight excluding hydrogens is 426 g/mol. The molecule has 1 aromatic carbocycles. The summed E-state index contributed by atoms with van der Waals surface area (Å²) in [5, 5.41) is 0.854. The molecule has 0 atom stereocenters. The average molecular weight is 443 g/mol. The van der Waals surface area contributed by atoms with Crippen LogP contribution in [0.4, 0.5) is 0 Å². The van der Waals surface area contributed by atoms with Crippen molar-refractivity contribution in [2.45, 2.75) is 13.8 Å². The van der Waals surface area contributed by atoms with Gasteiger partial charge in [-0.1, -0.05) is 11.6 Å². The van der Waals surface area contributed by atoms with Gasteiger partial charge in [0, 0.05) is 10.9 Å². The highest BCUT2D eigenvalue weighted by molar-refractivity contribution is 9.10. The fraction of sp³-hybridized carbons (Fsp3) is 0.278. The Morgan fingerprint density at radius 1 is 1.19 bits per heavy atom. The number of esters is 2. The van der Waals surface area contributed by atoms with E-state index in [2.05, 4.69) is 20.9 Å². The van der Waals surface area contributed by atoms with Crippen LogP contribution in [0.1, 0.15) is 19.4 Å². The van der Waals surface area contributed by atoms with Gasteiger partial charge in [0.2, 0.25) is 0 Å². The summed E-state index contributed by atoms with van der Waals surface area (Å²) in [4.78, 5) is 28.6. The number of hydrogen-bond acceptors (Lipinski definition) is 6. The highest BCUT2D eigenvalue weighted by atomic mass is 79.9. The van der Waals surface area contributed by atoms with Crippen LogP contribution in [0.5, 0.6) is 5.75 Å². The van der Waals surface area contributed by atoms with E-state index >= 15 is 0 Å². The molecule has 138 valence electrons. The number of methoxy groups -OCH3 is 1. The van der Waals surface area contributed by atoms with Gasteiger partial charge in [0.1, 0.15) is 16.5 Å². The van der Waals surface area contributed by atoms with Crippen LogP contribution in [0.15, 0.2) is 28.2 Å². The van der Waals surface area contributed by atoms with Gasteiger partial charge in [-0.25, -0.2) is 14.6 Å². The lowest BCUT2D eigenvalue weighted by Gasteiger charge is -2.10. The van der Waals surface area contributed by atoms with Gasteiger partial charge in [-0.15, -0.1) is 0 Å². The molecule has 0 aliphatic rings. The maximum Gasteiger partial charge on any atom is 0.345 e. The van der Waals surface area contributed by atoms with Gasteiger partial charge in [-0.3, -0.25) is 0 Å². The van der Waals surface area contributed by atoms with E-state index in [1.807, 2.05) is 0 Å². The lowest BCUT2D eigenvalue weighted by atomic mass is 10.1. The minimum Gasteiger partial charge on any atom is -0.496 e. The van der Waals surface area contributed by atoms with Crippen LogP contribution >= 0.6 is 27.5 Å². The molecular formula is C18H17BrClNO5. The number of carbonyl (C=O) groups is 2. The average Bonchev–Trinajstić information content (AvgIpc) is 2.61. The Kier molecular flexibility index (Phi) is 6.99. The van der Waals surface area contributed by atoms with Crippen molar-refractivity contribution in [2.24, 2.45) is 0 Å². The summed E-state index contributed by atoms with van der Waals surface area (Å²) in [6.07, 6.45) is 1.32. The number of nitrogens with zero attached hydrogens (tertiary/aromatic N) is 1. The fourth-order valence-corrected chi connectivity index (χ4v) is 3.03. The predicted molar refractivity (Wildman–Crippen MR) is 102 cm³/mol. The summed E-state index contributed by atoms with van der Waals surface area (Å²) in [6.45, 7) is 3.55. The van der Waals surface area contributed by atoms with Crippen LogP contribution in [-0.2, 0) is 19.1 Å². The first-order valence-corrected chi connectivity index (χ1v) is 8.98. The number of pyridine rings is 1. The number of carbonyl (C=O) groups excluding carboxylic acids is 2. The number of rotatable bonds is 6. The summed E-state index contributed by atoms with van der Waals surface area (Å²) >= 11 is 9.69. The zero-order chi connectivity index (χ0) is 19.3. The van der Waals surface area contributed by atoms with Crippen LogP contribution in [0, 0.1) is 0 Å². The number of hydrogen-bond donors (Lipinski definition) is 0. The first-order valence-electron chi connectivity index (χ1n) is 7.81. The number of ether oxygens (including phenoxy) is 3. The molecule has 1 heterocycles. The van der Waals surface area contributed by atoms with Crippen molar-refractivity contribution in [1.29, 1.82) is 0 Å². The standard InChI is InChI=1S/C18H17BrClNO5/c1-4-25-17(22)12(18(23)26-5-2)9-10-8-11-13(21-16(10)20)6-7-14(24-3)15(11)19/h6-9H,4-5H2,1-3H3. The SMILES string of the molecule is CCOC(=O)C(=Cc1cc2c(Br)c(OC)ccc2nc1Cl)C(=O)OCC. The summed E-state index contributed by atoms with van der Waals surface area (Å²) in [5.74, 6) is -0.953. The Bertz CT molecular complexity index is 862. The summed E-state index contributed by atoms with van der Waals surface area (Å²) in [5.41, 5.74) is 0.758. The number of halogens is 2. The molecule has 0 aliphatic heterocycles. The molecule has 0 spiro atoms. The Morgan fingerprint density at radius 3 is 2.35 bits per heavy atom. The number of fused-ring (bicyclic) bond motifs is 1. The van der Waals surface area contributed by atoms with Crippen molar-refractivity contribution in [1.82, 2.24) is 4.98 Å². The molecule has 0 saturated carbocycles. The third-order valence-electron chi connectivity index (χ3n) is 3.39. The highest BCUT2D eigenvalue weighted by Gasteiger charge is 2.22. The summed E-state index contributed by atoms with van der Waals surface area (Å²) in [6, 6.07) is 5.22. The molecule has 26 heavy (non-hydrogen) atoms. The maximum atomic E-state index is 12.1. The van der Waals surface area contributed by atoms with E-state index in [9.17, 15) is 9.59 Å². The van der Waals surface area contributed by atoms with Crippen LogP contribution in [0.25, 0.3) is 17.0 Å². The predicted octanol–water partition coefficient (Wildman–Crippen LogP) is 4.17. The van der Waals surface area contributed by atoms with Gasteiger partial charge in [-0.2, -0.15) is 0 Å². The maximum absolute atomic E-state index is 12.1. The van der Waals surface area contributed by atoms with E-state index in [1.165, 1.54) is 6.08 Å². The minimum absolute atomic E-state index is 0.127. The Labute approximate surface area is 164 Å². The van der Waals surface area contributed by atoms with Crippen molar-refractivity contribution < 1.29 is 23.8 Å². The number of aromatic nitrogens is 1. The molecule has 1 aromatic heterocycles. The fourth-order valence-electron chi connectivity index (χ4n) is 2.22. The van der Waals surface area contributed by atoms with E-state index in [-0.39, 0.29) is 23.9 Å². The van der Waals surface area contributed by atoms with E-state index < -0.39 is 11.9 Å². The highest BCUT2D eigenvalue weighted by Crippen LogP contribution is 2.34. The van der Waals surface area contributed by atoms with Gasteiger partial charge in [0.05, 0.1) is 30.3 Å². The molecule has 0 saturated heterocycles. The second-order valence-electron chi connectivity index (χ2n) is 5.02. The Balaban J connectivity index is 2.62. The zero-order valence-electron chi connectivity index (χ0n) is 14.5. The molecule has 0 radical (unpaired) electrons. The van der Waals surface area contributed by atoms with Crippen molar-refractivity contribution in [2.75, 3.05) is 20.3 Å². The third-order valence-corrected chi connectivity index (χ3v) is 4.51. The second kappa shape index (κ2) is 9.00. The molecule has 8 heteroatoms. The number of benzene rings is 1. The molecule has 0 unspecified atom stereocenters.